The van der Waals surface area contributed by atoms with Crippen LogP contribution in [-0.2, 0) is 4.79 Å². The van der Waals surface area contributed by atoms with E-state index < -0.39 is 11.8 Å². The molecule has 7 heteroatoms. The number of hydrogen-bond acceptors (Lipinski definition) is 5. The number of primary amides is 1. The second kappa shape index (κ2) is 9.08. The molecule has 3 rings (SSSR count). The maximum atomic E-state index is 12.4. The van der Waals surface area contributed by atoms with Gasteiger partial charge in [0.15, 0.2) is 0 Å². The Morgan fingerprint density at radius 2 is 1.89 bits per heavy atom. The van der Waals surface area contributed by atoms with Crippen LogP contribution in [0.4, 0.5) is 0 Å². The summed E-state index contributed by atoms with van der Waals surface area (Å²) in [4.78, 5) is 26.0. The number of amides is 2. The molecule has 1 heterocycles. The Morgan fingerprint density at radius 3 is 2.52 bits per heavy atom. The first-order chi connectivity index (χ1) is 13.1. The quantitative estimate of drug-likeness (QED) is 0.756. The van der Waals surface area contributed by atoms with Crippen LogP contribution in [-0.4, -0.2) is 55.6 Å². The third-order valence-electron chi connectivity index (χ3n) is 5.47. The molecular formula is C20H29N3O4. The normalized spacial score (nSPS) is 19.0. The molecule has 0 unspecified atom stereocenters. The van der Waals surface area contributed by atoms with E-state index in [1.54, 1.807) is 25.3 Å². The molecule has 148 valence electrons. The summed E-state index contributed by atoms with van der Waals surface area (Å²) in [6.07, 6.45) is 7.30. The summed E-state index contributed by atoms with van der Waals surface area (Å²) < 4.78 is 11.4. The van der Waals surface area contributed by atoms with Crippen molar-refractivity contribution in [3.8, 4) is 11.5 Å². The predicted molar refractivity (Wildman–Crippen MR) is 102 cm³/mol. The van der Waals surface area contributed by atoms with Crippen LogP contribution in [0.3, 0.4) is 0 Å². The molecule has 2 fully saturated rings. The van der Waals surface area contributed by atoms with Gasteiger partial charge in [0.05, 0.1) is 19.2 Å². The van der Waals surface area contributed by atoms with Crippen molar-refractivity contribution in [1.82, 2.24) is 10.2 Å². The average molecular weight is 375 g/mol. The molecule has 3 N–H and O–H groups in total. The first kappa shape index (κ1) is 19.5. The van der Waals surface area contributed by atoms with Gasteiger partial charge in [0, 0.05) is 19.1 Å². The van der Waals surface area contributed by atoms with Gasteiger partial charge >= 0.3 is 0 Å². The number of hydrogen-bond donors (Lipinski definition) is 2. The summed E-state index contributed by atoms with van der Waals surface area (Å²) in [6.45, 7) is 1.86. The predicted octanol–water partition coefficient (Wildman–Crippen LogP) is 1.70. The van der Waals surface area contributed by atoms with Crippen LogP contribution in [0.15, 0.2) is 18.2 Å². The molecule has 1 saturated heterocycles. The minimum absolute atomic E-state index is 0.0822. The van der Waals surface area contributed by atoms with E-state index in [-0.39, 0.29) is 12.6 Å². The summed E-state index contributed by atoms with van der Waals surface area (Å²) in [5, 5.41) is 2.51. The van der Waals surface area contributed by atoms with Crippen molar-refractivity contribution in [3.63, 3.8) is 0 Å². The zero-order valence-corrected chi connectivity index (χ0v) is 15.9. The number of nitrogens with zero attached hydrogens (tertiary/aromatic N) is 1. The number of benzene rings is 1. The van der Waals surface area contributed by atoms with E-state index >= 15 is 0 Å². The summed E-state index contributed by atoms with van der Waals surface area (Å²) in [5.41, 5.74) is 5.47. The van der Waals surface area contributed by atoms with Crippen molar-refractivity contribution in [2.45, 2.75) is 50.7 Å². The number of rotatable bonds is 7. The molecule has 0 atom stereocenters. The molecular weight excluding hydrogens is 346 g/mol. The van der Waals surface area contributed by atoms with Crippen LogP contribution in [0.2, 0.25) is 0 Å². The van der Waals surface area contributed by atoms with Crippen LogP contribution in [0.1, 0.15) is 48.9 Å². The van der Waals surface area contributed by atoms with Crippen molar-refractivity contribution in [2.24, 2.45) is 5.73 Å². The van der Waals surface area contributed by atoms with Gasteiger partial charge in [-0.2, -0.15) is 0 Å². The zero-order valence-electron chi connectivity index (χ0n) is 15.9. The number of ether oxygens (including phenoxy) is 2. The standard InChI is InChI=1S/C20H29N3O4/c1-26-16-6-7-18(17(12-16)20(25)22-13-19(21)24)27-15-8-10-23(11-9-15)14-4-2-3-5-14/h6-7,12,14-15H,2-5,8-11,13H2,1H3,(H2,21,24)(H,22,25). The van der Waals surface area contributed by atoms with Gasteiger partial charge in [-0.05, 0) is 43.9 Å². The molecule has 1 saturated carbocycles. The average Bonchev–Trinajstić information content (AvgIpc) is 3.21. The Kier molecular flexibility index (Phi) is 6.55. The number of nitrogens with one attached hydrogen (secondary N) is 1. The molecule has 1 aromatic carbocycles. The van der Waals surface area contributed by atoms with Crippen molar-refractivity contribution < 1.29 is 19.1 Å². The zero-order chi connectivity index (χ0) is 19.2. The van der Waals surface area contributed by atoms with Crippen LogP contribution < -0.4 is 20.5 Å². The second-order valence-corrected chi connectivity index (χ2v) is 7.30. The van der Waals surface area contributed by atoms with Gasteiger partial charge < -0.3 is 25.4 Å². The lowest BCUT2D eigenvalue weighted by Crippen LogP contribution is -2.43. The fraction of sp³-hybridized carbons (Fsp3) is 0.600. The molecule has 0 spiro atoms. The van der Waals surface area contributed by atoms with Gasteiger partial charge in [-0.3, -0.25) is 9.59 Å². The molecule has 0 aromatic heterocycles. The number of nitrogens with two attached hydrogens (primary N) is 1. The van der Waals surface area contributed by atoms with Gasteiger partial charge in [0.2, 0.25) is 5.91 Å². The van der Waals surface area contributed by atoms with Crippen molar-refractivity contribution in [3.05, 3.63) is 23.8 Å². The smallest absolute Gasteiger partial charge is 0.255 e. The second-order valence-electron chi connectivity index (χ2n) is 7.30. The molecule has 1 aromatic rings. The minimum atomic E-state index is -0.590. The lowest BCUT2D eigenvalue weighted by molar-refractivity contribution is -0.117. The number of likely N-dealkylation sites (tertiary alicyclic amines) is 1. The van der Waals surface area contributed by atoms with Gasteiger partial charge in [0.25, 0.3) is 5.91 Å². The van der Waals surface area contributed by atoms with E-state index in [4.69, 9.17) is 15.2 Å². The molecule has 0 bridgehead atoms. The van der Waals surface area contributed by atoms with Crippen LogP contribution >= 0.6 is 0 Å². The fourth-order valence-corrected chi connectivity index (χ4v) is 3.99. The summed E-state index contributed by atoms with van der Waals surface area (Å²) in [5.74, 6) is 0.0822. The van der Waals surface area contributed by atoms with Gasteiger partial charge in [-0.1, -0.05) is 12.8 Å². The van der Waals surface area contributed by atoms with Crippen LogP contribution in [0, 0.1) is 0 Å². The third-order valence-corrected chi connectivity index (χ3v) is 5.47. The maximum absolute atomic E-state index is 12.4. The van der Waals surface area contributed by atoms with Crippen molar-refractivity contribution >= 4 is 11.8 Å². The largest absolute Gasteiger partial charge is 0.497 e. The highest BCUT2D eigenvalue weighted by Gasteiger charge is 2.28. The van der Waals surface area contributed by atoms with Crippen LogP contribution in [0.5, 0.6) is 11.5 Å². The lowest BCUT2D eigenvalue weighted by atomic mass is 10.0. The highest BCUT2D eigenvalue weighted by molar-refractivity contribution is 5.99. The summed E-state index contributed by atoms with van der Waals surface area (Å²) in [7, 11) is 1.54. The highest BCUT2D eigenvalue weighted by Crippen LogP contribution is 2.30. The topological polar surface area (TPSA) is 93.9 Å². The Bertz CT molecular complexity index is 665. The summed E-state index contributed by atoms with van der Waals surface area (Å²) >= 11 is 0. The monoisotopic (exact) mass is 375 g/mol. The maximum Gasteiger partial charge on any atom is 0.255 e. The van der Waals surface area contributed by atoms with Gasteiger partial charge in [0.1, 0.15) is 17.6 Å². The highest BCUT2D eigenvalue weighted by atomic mass is 16.5. The van der Waals surface area contributed by atoms with Gasteiger partial charge in [-0.15, -0.1) is 0 Å². The number of piperidine rings is 1. The Labute approximate surface area is 160 Å². The van der Waals surface area contributed by atoms with Crippen LogP contribution in [0.25, 0.3) is 0 Å². The Morgan fingerprint density at radius 1 is 1.19 bits per heavy atom. The van der Waals surface area contributed by atoms with E-state index in [2.05, 4.69) is 10.2 Å². The SMILES string of the molecule is COc1ccc(OC2CCN(C3CCCC3)CC2)c(C(=O)NCC(N)=O)c1. The van der Waals surface area contributed by atoms with E-state index in [9.17, 15) is 9.59 Å². The lowest BCUT2D eigenvalue weighted by Gasteiger charge is -2.36. The van der Waals surface area contributed by atoms with E-state index in [1.165, 1.54) is 25.7 Å². The first-order valence-corrected chi connectivity index (χ1v) is 9.72. The molecule has 2 aliphatic rings. The number of carbonyl (C=O) groups is 2. The molecule has 2 amide bonds. The fourth-order valence-electron chi connectivity index (χ4n) is 3.99. The van der Waals surface area contributed by atoms with Crippen molar-refractivity contribution in [2.75, 3.05) is 26.7 Å². The Balaban J connectivity index is 1.63. The molecule has 1 aliphatic heterocycles. The first-order valence-electron chi connectivity index (χ1n) is 9.72. The number of methoxy groups -OCH3 is 1. The third kappa shape index (κ3) is 5.13. The van der Waals surface area contributed by atoms with E-state index in [0.29, 0.717) is 17.1 Å². The van der Waals surface area contributed by atoms with E-state index in [0.717, 1.165) is 32.0 Å². The molecule has 1 aliphatic carbocycles. The summed E-state index contributed by atoms with van der Waals surface area (Å²) in [6, 6.07) is 5.89. The Hall–Kier alpha value is -2.28. The van der Waals surface area contributed by atoms with Gasteiger partial charge in [-0.25, -0.2) is 0 Å². The molecule has 0 radical (unpaired) electrons. The van der Waals surface area contributed by atoms with E-state index in [1.807, 2.05) is 0 Å². The molecule has 7 nitrogen and oxygen atoms in total. The molecule has 27 heavy (non-hydrogen) atoms. The number of carbonyl (C=O) groups excluding carboxylic acids is 2. The van der Waals surface area contributed by atoms with Crippen molar-refractivity contribution in [1.29, 1.82) is 0 Å². The minimum Gasteiger partial charge on any atom is -0.497 e.